The highest BCUT2D eigenvalue weighted by Gasteiger charge is 2.61. The Kier molecular flexibility index (Phi) is 13.7. The average Bonchev–Trinajstić information content (AvgIpc) is 3.79. The summed E-state index contributed by atoms with van der Waals surface area (Å²) in [7, 11) is -3.98. The van der Waals surface area contributed by atoms with Crippen molar-refractivity contribution in [1.82, 2.24) is 39.1 Å². The molecule has 5 heterocycles. The van der Waals surface area contributed by atoms with E-state index in [1.165, 1.54) is 40.6 Å². The van der Waals surface area contributed by atoms with E-state index >= 15 is 0 Å². The molecule has 2 aliphatic carbocycles. The molecule has 8 rings (SSSR count). The van der Waals surface area contributed by atoms with Crippen LogP contribution in [0.25, 0.3) is 21.6 Å². The van der Waals surface area contributed by atoms with Gasteiger partial charge in [0.2, 0.25) is 11.8 Å². The number of carbonyl (C=O) groups excluding carboxylic acids is 4. The molecule has 16 nitrogen and oxygen atoms in total. The van der Waals surface area contributed by atoms with Crippen LogP contribution in [0, 0.1) is 5.92 Å². The Morgan fingerprint density at radius 1 is 0.984 bits per heavy atom. The van der Waals surface area contributed by atoms with Crippen molar-refractivity contribution in [3.8, 4) is 10.6 Å². The maximum absolute atomic E-state index is 13.6. The topological polar surface area (TPSA) is 205 Å². The average molecular weight is 901 g/mol. The van der Waals surface area contributed by atoms with Gasteiger partial charge in [-0.3, -0.25) is 19.0 Å². The number of aromatic nitrogens is 3. The number of nitrogens with zero attached hydrogens (tertiary/aromatic N) is 4. The molecule has 62 heavy (non-hydrogen) atoms. The number of allylic oxidation sites excluding steroid dienone is 1. The van der Waals surface area contributed by atoms with Crippen LogP contribution in [0.2, 0.25) is 0 Å². The number of aromatic amines is 1. The van der Waals surface area contributed by atoms with E-state index in [1.807, 2.05) is 42.7 Å². The first kappa shape index (κ1) is 45.5. The standard InChI is InChI=1S/C26H41N5O7S.C18H21N3OS.3H2/c1-25(2,3)38-24(35)27-19-12-8-6-4-5-7-11-18-17-26(18,23(34)29-39(36,37)30-14-10-15-30)28-21(32)20-13-9-16-31(20)22(19)33;1-11(2)21-15-9-5-8-13(16(15)20-18(21)22)17-19-14(10-23-17)12-6-3-4-7-12;;;/h7,11,18-20H,4-6,8-10,12-17H2,1-3H3,(H,27,35)(H,28,32)(H,29,34);5,8-12H,3-4,6-7H2,1-2H3,(H,20,22);3*1H/b11-7-;;;;/t18-,19+,20+,26-;;;;/m1..../s1. The summed E-state index contributed by atoms with van der Waals surface area (Å²) < 4.78 is 35.7. The minimum Gasteiger partial charge on any atom is -0.444 e. The first-order valence-corrected chi connectivity index (χ1v) is 24.6. The molecule has 5 aliphatic rings. The summed E-state index contributed by atoms with van der Waals surface area (Å²) in [5.41, 5.74) is 1.96. The first-order valence-electron chi connectivity index (χ1n) is 22.3. The molecule has 0 spiro atoms. The molecule has 0 unspecified atom stereocenters. The number of amides is 4. The second kappa shape index (κ2) is 18.7. The maximum atomic E-state index is 13.6. The highest BCUT2D eigenvalue weighted by atomic mass is 32.2. The quantitative estimate of drug-likeness (QED) is 0.185. The van der Waals surface area contributed by atoms with E-state index in [0.29, 0.717) is 51.2 Å². The maximum Gasteiger partial charge on any atom is 0.408 e. The lowest BCUT2D eigenvalue weighted by molar-refractivity contribution is -0.141. The summed E-state index contributed by atoms with van der Waals surface area (Å²) in [6, 6.07) is 4.54. The number of benzene rings is 1. The summed E-state index contributed by atoms with van der Waals surface area (Å²) in [6.45, 7) is 10.3. The van der Waals surface area contributed by atoms with Crippen LogP contribution in [-0.2, 0) is 29.3 Å². The van der Waals surface area contributed by atoms with Crippen molar-refractivity contribution in [1.29, 1.82) is 0 Å². The van der Waals surface area contributed by atoms with Gasteiger partial charge in [-0.1, -0.05) is 43.9 Å². The first-order chi connectivity index (χ1) is 29.5. The van der Waals surface area contributed by atoms with E-state index in [0.717, 1.165) is 47.3 Å². The number of hydrogen-bond acceptors (Lipinski definition) is 10. The largest absolute Gasteiger partial charge is 0.444 e. The lowest BCUT2D eigenvalue weighted by Gasteiger charge is -2.32. The van der Waals surface area contributed by atoms with Crippen LogP contribution in [0.3, 0.4) is 0 Å². The Bertz CT molecular complexity index is 2350. The highest BCUT2D eigenvalue weighted by Crippen LogP contribution is 2.46. The number of ether oxygens (including phenoxy) is 1. The minimum atomic E-state index is -3.98. The summed E-state index contributed by atoms with van der Waals surface area (Å²) in [6.07, 6.45) is 13.8. The number of alkyl carbamates (subject to hydrolysis) is 1. The molecule has 0 radical (unpaired) electrons. The molecule has 2 saturated carbocycles. The molecule has 4 fully saturated rings. The molecule has 4 atom stereocenters. The zero-order chi connectivity index (χ0) is 44.4. The SMILES string of the molecule is CC(C)(C)OC(=O)N[C@H]1CCCCC/C=C\[C@@H]2C[C@@]2(C(=O)NS(=O)(=O)N2CCC2)NC(=O)[C@@H]2CCCN2C1=O.CC(C)n1c(=O)[nH]c2c(-c3nc(C4CCCC4)cs3)cccc21.[HH].[HH].[HH]. The predicted octanol–water partition coefficient (Wildman–Crippen LogP) is 6.76. The van der Waals surface area contributed by atoms with Gasteiger partial charge in [0.1, 0.15) is 28.2 Å². The Balaban J connectivity index is 0.000000304. The van der Waals surface area contributed by atoms with Gasteiger partial charge in [0, 0.05) is 52.7 Å². The second-order valence-electron chi connectivity index (χ2n) is 18.6. The van der Waals surface area contributed by atoms with Gasteiger partial charge in [-0.2, -0.15) is 12.7 Å². The number of H-pyrrole nitrogens is 1. The molecular weight excluding hydrogens is 833 g/mol. The van der Waals surface area contributed by atoms with Gasteiger partial charge in [0.05, 0.1) is 16.7 Å². The zero-order valence-electron chi connectivity index (χ0n) is 36.5. The molecule has 344 valence electrons. The van der Waals surface area contributed by atoms with Crippen LogP contribution >= 0.6 is 11.3 Å². The molecule has 4 amide bonds. The monoisotopic (exact) mass is 900 g/mol. The van der Waals surface area contributed by atoms with Crippen molar-refractivity contribution in [3.05, 3.63) is 51.9 Å². The number of thiazole rings is 1. The lowest BCUT2D eigenvalue weighted by Crippen LogP contribution is -2.59. The Morgan fingerprint density at radius 3 is 2.42 bits per heavy atom. The second-order valence-corrected chi connectivity index (χ2v) is 21.1. The molecule has 0 bridgehead atoms. The molecule has 3 aliphatic heterocycles. The lowest BCUT2D eigenvalue weighted by atomic mass is 10.0. The van der Waals surface area contributed by atoms with Crippen LogP contribution in [0.5, 0.6) is 0 Å². The summed E-state index contributed by atoms with van der Waals surface area (Å²) in [4.78, 5) is 74.6. The Hall–Kier alpha value is -4.55. The summed E-state index contributed by atoms with van der Waals surface area (Å²) in [5, 5.41) is 8.73. The van der Waals surface area contributed by atoms with Gasteiger partial charge >= 0.3 is 22.0 Å². The number of imidazole rings is 1. The third kappa shape index (κ3) is 10.1. The molecule has 4 N–H and O–H groups in total. The smallest absolute Gasteiger partial charge is 0.408 e. The normalized spacial score (nSPS) is 25.6. The fraction of sp³-hybridized carbons (Fsp3) is 0.636. The summed E-state index contributed by atoms with van der Waals surface area (Å²) >= 11 is 1.69. The molecule has 3 aromatic rings. The number of fused-ring (bicyclic) bond motifs is 3. The van der Waals surface area contributed by atoms with Crippen molar-refractivity contribution in [2.75, 3.05) is 19.6 Å². The van der Waals surface area contributed by atoms with E-state index in [9.17, 15) is 32.4 Å². The van der Waals surface area contributed by atoms with E-state index < -0.39 is 51.3 Å². The molecule has 2 aromatic heterocycles. The van der Waals surface area contributed by atoms with Crippen LogP contribution in [0.4, 0.5) is 4.79 Å². The van der Waals surface area contributed by atoms with Gasteiger partial charge in [-0.25, -0.2) is 19.3 Å². The van der Waals surface area contributed by atoms with E-state index in [4.69, 9.17) is 9.72 Å². The highest BCUT2D eigenvalue weighted by molar-refractivity contribution is 7.87. The number of nitrogens with one attached hydrogen (secondary N) is 4. The van der Waals surface area contributed by atoms with E-state index in [1.54, 1.807) is 32.1 Å². The zero-order valence-corrected chi connectivity index (χ0v) is 38.2. The predicted molar refractivity (Wildman–Crippen MR) is 244 cm³/mol. The molecule has 18 heteroatoms. The van der Waals surface area contributed by atoms with Gasteiger partial charge in [-0.05, 0) is 105 Å². The van der Waals surface area contributed by atoms with Crippen LogP contribution < -0.4 is 21.0 Å². The molecule has 1 aromatic carbocycles. The Labute approximate surface area is 372 Å². The van der Waals surface area contributed by atoms with Crippen molar-refractivity contribution >= 4 is 56.4 Å². The summed E-state index contributed by atoms with van der Waals surface area (Å²) in [5.74, 6) is -1.34. The van der Waals surface area contributed by atoms with Crippen LogP contribution in [-0.4, -0.2) is 98.8 Å². The number of hydrogen-bond donors (Lipinski definition) is 4. The number of rotatable bonds is 7. The van der Waals surface area contributed by atoms with Crippen molar-refractivity contribution in [3.63, 3.8) is 0 Å². The molecule has 2 saturated heterocycles. The van der Waals surface area contributed by atoms with Crippen molar-refractivity contribution in [2.24, 2.45) is 5.92 Å². The van der Waals surface area contributed by atoms with Gasteiger partial charge in [0.25, 0.3) is 5.91 Å². The van der Waals surface area contributed by atoms with Crippen LogP contribution in [0.15, 0.2) is 40.5 Å². The van der Waals surface area contributed by atoms with Crippen LogP contribution in [0.1, 0.15) is 140 Å². The fourth-order valence-corrected chi connectivity index (χ4v) is 11.2. The van der Waals surface area contributed by atoms with Gasteiger partial charge in [-0.15, -0.1) is 11.3 Å². The number of para-hydroxylation sites is 1. The number of carbonyl (C=O) groups is 4. The van der Waals surface area contributed by atoms with Crippen molar-refractivity contribution < 1.29 is 36.6 Å². The third-order valence-corrected chi connectivity index (χ3v) is 14.9. The van der Waals surface area contributed by atoms with Gasteiger partial charge in [0.15, 0.2) is 0 Å². The Morgan fingerprint density at radius 2 is 1.73 bits per heavy atom. The van der Waals surface area contributed by atoms with Crippen molar-refractivity contribution in [2.45, 2.75) is 153 Å². The molecular formula is C44H68N8O8S2. The van der Waals surface area contributed by atoms with E-state index in [2.05, 4.69) is 31.8 Å². The third-order valence-electron chi connectivity index (χ3n) is 12.5. The van der Waals surface area contributed by atoms with E-state index in [-0.39, 0.29) is 34.3 Å². The fourth-order valence-electron chi connectivity index (χ4n) is 9.00. The minimum absolute atomic E-state index is 0. The van der Waals surface area contributed by atoms with Gasteiger partial charge < -0.3 is 25.3 Å².